The SMILES string of the molecule is CN=C(NCCCCCN1CCCCC1)NC1CCN(C(C)C)CC1. The molecule has 2 aliphatic rings. The summed E-state index contributed by atoms with van der Waals surface area (Å²) in [6.45, 7) is 11.9. The van der Waals surface area contributed by atoms with Crippen LogP contribution in [0.1, 0.15) is 65.2 Å². The minimum absolute atomic E-state index is 0.570. The molecule has 2 saturated heterocycles. The first-order chi connectivity index (χ1) is 12.2. The van der Waals surface area contributed by atoms with Crippen molar-refractivity contribution >= 4 is 5.96 Å². The van der Waals surface area contributed by atoms with Gasteiger partial charge in [-0.3, -0.25) is 4.99 Å². The second-order valence-electron chi connectivity index (χ2n) is 8.01. The second-order valence-corrected chi connectivity index (χ2v) is 8.01. The van der Waals surface area contributed by atoms with Crippen LogP contribution in [0.5, 0.6) is 0 Å². The summed E-state index contributed by atoms with van der Waals surface area (Å²) in [5.74, 6) is 0.985. The summed E-state index contributed by atoms with van der Waals surface area (Å²) in [4.78, 5) is 9.61. The van der Waals surface area contributed by atoms with Crippen LogP contribution < -0.4 is 10.6 Å². The highest BCUT2D eigenvalue weighted by atomic mass is 15.2. The molecule has 2 rings (SSSR count). The minimum Gasteiger partial charge on any atom is -0.356 e. The number of likely N-dealkylation sites (tertiary alicyclic amines) is 2. The second kappa shape index (κ2) is 11.7. The topological polar surface area (TPSA) is 42.9 Å². The summed E-state index contributed by atoms with van der Waals surface area (Å²) in [5.41, 5.74) is 0. The van der Waals surface area contributed by atoms with Crippen molar-refractivity contribution in [1.82, 2.24) is 20.4 Å². The molecule has 146 valence electrons. The predicted octanol–water partition coefficient (Wildman–Crippen LogP) is 2.68. The van der Waals surface area contributed by atoms with Gasteiger partial charge in [-0.1, -0.05) is 12.8 Å². The first-order valence-corrected chi connectivity index (χ1v) is 10.6. The summed E-state index contributed by atoms with van der Waals surface area (Å²) < 4.78 is 0. The molecule has 0 aromatic carbocycles. The molecule has 25 heavy (non-hydrogen) atoms. The number of piperidine rings is 2. The molecule has 0 saturated carbocycles. The van der Waals surface area contributed by atoms with Gasteiger partial charge in [0.15, 0.2) is 5.96 Å². The molecule has 5 nitrogen and oxygen atoms in total. The van der Waals surface area contributed by atoms with E-state index in [0.717, 1.165) is 12.5 Å². The molecule has 2 fully saturated rings. The van der Waals surface area contributed by atoms with E-state index in [1.807, 2.05) is 7.05 Å². The lowest BCUT2D eigenvalue weighted by Crippen LogP contribution is -2.49. The molecule has 5 heteroatoms. The molecular weight excluding hydrogens is 310 g/mol. The number of hydrogen-bond donors (Lipinski definition) is 2. The van der Waals surface area contributed by atoms with Crippen molar-refractivity contribution in [2.75, 3.05) is 46.3 Å². The molecule has 0 aromatic rings. The van der Waals surface area contributed by atoms with Crippen LogP contribution in [-0.4, -0.2) is 74.2 Å². The number of nitrogens with zero attached hydrogens (tertiary/aromatic N) is 3. The Morgan fingerprint density at radius 1 is 1.00 bits per heavy atom. The summed E-state index contributed by atoms with van der Waals surface area (Å²) in [6.07, 6.45) is 10.6. The summed E-state index contributed by atoms with van der Waals surface area (Å²) >= 11 is 0. The molecule has 0 aliphatic carbocycles. The Hall–Kier alpha value is -0.810. The summed E-state index contributed by atoms with van der Waals surface area (Å²) in [6, 6.07) is 1.24. The van der Waals surface area contributed by atoms with Gasteiger partial charge in [0.05, 0.1) is 0 Å². The normalized spacial score (nSPS) is 21.7. The maximum absolute atomic E-state index is 4.40. The Bertz CT molecular complexity index is 368. The maximum Gasteiger partial charge on any atom is 0.191 e. The zero-order valence-electron chi connectivity index (χ0n) is 16.9. The molecular formula is C20H41N5. The summed E-state index contributed by atoms with van der Waals surface area (Å²) in [7, 11) is 1.88. The third kappa shape index (κ3) is 7.95. The fourth-order valence-corrected chi connectivity index (χ4v) is 3.98. The zero-order chi connectivity index (χ0) is 17.9. The number of unbranched alkanes of at least 4 members (excludes halogenated alkanes) is 2. The van der Waals surface area contributed by atoms with E-state index in [-0.39, 0.29) is 0 Å². The van der Waals surface area contributed by atoms with Crippen molar-refractivity contribution < 1.29 is 0 Å². The molecule has 2 N–H and O–H groups in total. The van der Waals surface area contributed by atoms with Gasteiger partial charge in [-0.2, -0.15) is 0 Å². The Morgan fingerprint density at radius 2 is 1.72 bits per heavy atom. The Morgan fingerprint density at radius 3 is 2.36 bits per heavy atom. The third-order valence-electron chi connectivity index (χ3n) is 5.72. The van der Waals surface area contributed by atoms with Gasteiger partial charge >= 0.3 is 0 Å². The van der Waals surface area contributed by atoms with E-state index in [4.69, 9.17) is 0 Å². The highest BCUT2D eigenvalue weighted by Crippen LogP contribution is 2.13. The van der Waals surface area contributed by atoms with E-state index in [1.165, 1.54) is 84.1 Å². The zero-order valence-corrected chi connectivity index (χ0v) is 16.9. The van der Waals surface area contributed by atoms with Crippen molar-refractivity contribution in [3.63, 3.8) is 0 Å². The third-order valence-corrected chi connectivity index (χ3v) is 5.72. The van der Waals surface area contributed by atoms with Crippen molar-refractivity contribution in [2.45, 2.75) is 77.3 Å². The molecule has 2 heterocycles. The lowest BCUT2D eigenvalue weighted by Gasteiger charge is -2.35. The van der Waals surface area contributed by atoms with Gasteiger partial charge in [0.25, 0.3) is 0 Å². The van der Waals surface area contributed by atoms with E-state index < -0.39 is 0 Å². The first-order valence-electron chi connectivity index (χ1n) is 10.6. The van der Waals surface area contributed by atoms with E-state index >= 15 is 0 Å². The molecule has 2 aliphatic heterocycles. The maximum atomic E-state index is 4.40. The standard InChI is InChI=1S/C20H41N5/c1-18(2)25-16-10-19(11-17-25)23-20(21-3)22-12-6-4-7-13-24-14-8-5-9-15-24/h18-19H,4-17H2,1-3H3,(H2,21,22,23). The monoisotopic (exact) mass is 351 g/mol. The van der Waals surface area contributed by atoms with Crippen LogP contribution in [0, 0.1) is 0 Å². The van der Waals surface area contributed by atoms with Crippen molar-refractivity contribution in [2.24, 2.45) is 4.99 Å². The van der Waals surface area contributed by atoms with Gasteiger partial charge in [0.1, 0.15) is 0 Å². The predicted molar refractivity (Wildman–Crippen MR) is 108 cm³/mol. The van der Waals surface area contributed by atoms with Gasteiger partial charge in [0.2, 0.25) is 0 Å². The van der Waals surface area contributed by atoms with Crippen LogP contribution in [0.2, 0.25) is 0 Å². The fourth-order valence-electron chi connectivity index (χ4n) is 3.98. The van der Waals surface area contributed by atoms with Crippen LogP contribution in [0.15, 0.2) is 4.99 Å². The fraction of sp³-hybridized carbons (Fsp3) is 0.950. The average molecular weight is 352 g/mol. The highest BCUT2D eigenvalue weighted by molar-refractivity contribution is 5.79. The van der Waals surface area contributed by atoms with Gasteiger partial charge in [-0.25, -0.2) is 0 Å². The van der Waals surface area contributed by atoms with E-state index in [1.54, 1.807) is 0 Å². The summed E-state index contributed by atoms with van der Waals surface area (Å²) in [5, 5.41) is 7.11. The molecule has 0 radical (unpaired) electrons. The number of aliphatic imine (C=N–C) groups is 1. The first kappa shape index (κ1) is 20.5. The van der Waals surface area contributed by atoms with Crippen LogP contribution in [0.4, 0.5) is 0 Å². The number of nitrogens with one attached hydrogen (secondary N) is 2. The van der Waals surface area contributed by atoms with Gasteiger partial charge in [-0.15, -0.1) is 0 Å². The van der Waals surface area contributed by atoms with Crippen LogP contribution in [0.25, 0.3) is 0 Å². The van der Waals surface area contributed by atoms with Crippen LogP contribution in [-0.2, 0) is 0 Å². The number of guanidine groups is 1. The van der Waals surface area contributed by atoms with Crippen molar-refractivity contribution in [3.8, 4) is 0 Å². The molecule has 0 spiro atoms. The van der Waals surface area contributed by atoms with Crippen LogP contribution in [0.3, 0.4) is 0 Å². The Balaban J connectivity index is 1.50. The lowest BCUT2D eigenvalue weighted by molar-refractivity contribution is 0.167. The average Bonchev–Trinajstić information content (AvgIpc) is 2.64. The van der Waals surface area contributed by atoms with Gasteiger partial charge in [-0.05, 0) is 72.0 Å². The molecule has 0 bridgehead atoms. The number of rotatable bonds is 8. The quantitative estimate of drug-likeness (QED) is 0.401. The van der Waals surface area contributed by atoms with Gasteiger partial charge in [0, 0.05) is 38.8 Å². The van der Waals surface area contributed by atoms with Crippen LogP contribution >= 0.6 is 0 Å². The molecule has 0 aromatic heterocycles. The highest BCUT2D eigenvalue weighted by Gasteiger charge is 2.21. The smallest absolute Gasteiger partial charge is 0.191 e. The minimum atomic E-state index is 0.570. The van der Waals surface area contributed by atoms with Crippen molar-refractivity contribution in [3.05, 3.63) is 0 Å². The molecule has 0 unspecified atom stereocenters. The van der Waals surface area contributed by atoms with E-state index in [0.29, 0.717) is 12.1 Å². The van der Waals surface area contributed by atoms with Gasteiger partial charge < -0.3 is 20.4 Å². The number of hydrogen-bond acceptors (Lipinski definition) is 3. The lowest BCUT2D eigenvalue weighted by atomic mass is 10.0. The Kier molecular flexibility index (Phi) is 9.63. The van der Waals surface area contributed by atoms with E-state index in [9.17, 15) is 0 Å². The largest absolute Gasteiger partial charge is 0.356 e. The van der Waals surface area contributed by atoms with E-state index in [2.05, 4.69) is 39.3 Å². The Labute approximate surface area is 155 Å². The van der Waals surface area contributed by atoms with Crippen molar-refractivity contribution in [1.29, 1.82) is 0 Å². The molecule has 0 atom stereocenters. The molecule has 0 amide bonds.